The smallest absolute Gasteiger partial charge is 0.251 e. The Morgan fingerprint density at radius 1 is 1.50 bits per heavy atom. The van der Waals surface area contributed by atoms with Crippen molar-refractivity contribution in [3.05, 3.63) is 23.3 Å². The highest BCUT2D eigenvalue weighted by Crippen LogP contribution is 2.29. The van der Waals surface area contributed by atoms with Gasteiger partial charge < -0.3 is 5.11 Å². The van der Waals surface area contributed by atoms with Gasteiger partial charge in [-0.05, 0) is 31.0 Å². The predicted molar refractivity (Wildman–Crippen MR) is 64.8 cm³/mol. The minimum atomic E-state index is -0.520. The highest BCUT2D eigenvalue weighted by molar-refractivity contribution is 7.22. The van der Waals surface area contributed by atoms with Crippen LogP contribution in [0.25, 0.3) is 10.2 Å². The lowest BCUT2D eigenvalue weighted by Gasteiger charge is -1.98. The molecule has 1 heterocycles. The number of carbonyl (C=O) groups is 1. The fourth-order valence-electron chi connectivity index (χ4n) is 1.44. The minimum Gasteiger partial charge on any atom is -0.387 e. The van der Waals surface area contributed by atoms with E-state index in [2.05, 4.69) is 10.3 Å². The second-order valence-electron chi connectivity index (χ2n) is 3.58. The second kappa shape index (κ2) is 4.19. The number of nitrogens with zero attached hydrogens (tertiary/aromatic N) is 1. The molecule has 0 unspecified atom stereocenters. The average Bonchev–Trinajstić information content (AvgIpc) is 2.67. The van der Waals surface area contributed by atoms with Gasteiger partial charge in [0.05, 0.1) is 10.2 Å². The van der Waals surface area contributed by atoms with Gasteiger partial charge >= 0.3 is 0 Å². The fraction of sp³-hybridized carbons (Fsp3) is 0.273. The third kappa shape index (κ3) is 1.91. The molecule has 0 aliphatic rings. The van der Waals surface area contributed by atoms with E-state index in [1.165, 1.54) is 16.9 Å². The Morgan fingerprint density at radius 3 is 2.94 bits per heavy atom. The molecule has 0 bridgehead atoms. The molecule has 2 N–H and O–H groups in total. The molecule has 5 heteroatoms. The maximum Gasteiger partial charge on any atom is 0.251 e. The van der Waals surface area contributed by atoms with Crippen LogP contribution in [0.4, 0.5) is 5.13 Å². The maximum atomic E-state index is 11.0. The number of amides is 1. The summed E-state index contributed by atoms with van der Waals surface area (Å²) in [6.07, 6.45) is 0. The Balaban J connectivity index is 2.44. The number of fused-ring (bicyclic) bond motifs is 1. The first kappa shape index (κ1) is 11.0. The molecule has 0 spiro atoms. The molecule has 16 heavy (non-hydrogen) atoms. The van der Waals surface area contributed by atoms with Gasteiger partial charge in [-0.3, -0.25) is 10.1 Å². The van der Waals surface area contributed by atoms with E-state index in [-0.39, 0.29) is 0 Å². The summed E-state index contributed by atoms with van der Waals surface area (Å²) < 4.78 is 1.04. The monoisotopic (exact) mass is 236 g/mol. The van der Waals surface area contributed by atoms with E-state index in [1.807, 2.05) is 26.0 Å². The molecule has 0 aliphatic carbocycles. The molecule has 2 rings (SSSR count). The van der Waals surface area contributed by atoms with Crippen LogP contribution in [0.1, 0.15) is 11.1 Å². The molecular weight excluding hydrogens is 224 g/mol. The highest BCUT2D eigenvalue weighted by Gasteiger charge is 2.09. The summed E-state index contributed by atoms with van der Waals surface area (Å²) in [6, 6.07) is 4.03. The summed E-state index contributed by atoms with van der Waals surface area (Å²) in [7, 11) is 0. The molecule has 1 aromatic carbocycles. The fourth-order valence-corrected chi connectivity index (χ4v) is 2.38. The van der Waals surface area contributed by atoms with Crippen LogP contribution in [0, 0.1) is 13.8 Å². The van der Waals surface area contributed by atoms with Crippen molar-refractivity contribution in [3.8, 4) is 0 Å². The Hall–Kier alpha value is -1.46. The molecule has 84 valence electrons. The number of carbonyl (C=O) groups excluding carboxylic acids is 1. The van der Waals surface area contributed by atoms with E-state index in [9.17, 15) is 4.79 Å². The van der Waals surface area contributed by atoms with Crippen LogP contribution in [-0.2, 0) is 4.79 Å². The lowest BCUT2D eigenvalue weighted by molar-refractivity contribution is -0.118. The van der Waals surface area contributed by atoms with Gasteiger partial charge in [-0.25, -0.2) is 4.98 Å². The van der Waals surface area contributed by atoms with Crippen LogP contribution in [0.5, 0.6) is 0 Å². The zero-order valence-corrected chi connectivity index (χ0v) is 9.89. The molecule has 0 atom stereocenters. The Kier molecular flexibility index (Phi) is 2.89. The van der Waals surface area contributed by atoms with E-state index in [1.54, 1.807) is 0 Å². The van der Waals surface area contributed by atoms with Gasteiger partial charge in [0.2, 0.25) is 0 Å². The van der Waals surface area contributed by atoms with Gasteiger partial charge in [0.25, 0.3) is 5.91 Å². The maximum absolute atomic E-state index is 11.0. The van der Waals surface area contributed by atoms with Gasteiger partial charge in [-0.2, -0.15) is 0 Å². The van der Waals surface area contributed by atoms with Crippen molar-refractivity contribution in [1.29, 1.82) is 0 Å². The number of hydrogen-bond acceptors (Lipinski definition) is 4. The van der Waals surface area contributed by atoms with Crippen molar-refractivity contribution in [3.63, 3.8) is 0 Å². The van der Waals surface area contributed by atoms with Crippen molar-refractivity contribution < 1.29 is 9.90 Å². The molecule has 0 saturated heterocycles. The van der Waals surface area contributed by atoms with Gasteiger partial charge in [0.15, 0.2) is 5.13 Å². The number of thiazole rings is 1. The number of benzene rings is 1. The van der Waals surface area contributed by atoms with Crippen molar-refractivity contribution in [2.24, 2.45) is 0 Å². The van der Waals surface area contributed by atoms with Crippen LogP contribution in [0.2, 0.25) is 0 Å². The summed E-state index contributed by atoms with van der Waals surface area (Å²) in [5, 5.41) is 11.7. The minimum absolute atomic E-state index is 0.437. The number of aliphatic hydroxyl groups is 1. The quantitative estimate of drug-likeness (QED) is 0.836. The van der Waals surface area contributed by atoms with Crippen molar-refractivity contribution in [1.82, 2.24) is 4.98 Å². The van der Waals surface area contributed by atoms with Gasteiger partial charge in [-0.1, -0.05) is 17.4 Å². The summed E-state index contributed by atoms with van der Waals surface area (Å²) >= 11 is 1.41. The van der Waals surface area contributed by atoms with Crippen molar-refractivity contribution in [2.45, 2.75) is 13.8 Å². The lowest BCUT2D eigenvalue weighted by atomic mass is 10.1. The van der Waals surface area contributed by atoms with Crippen LogP contribution in [0.15, 0.2) is 12.1 Å². The van der Waals surface area contributed by atoms with Crippen LogP contribution in [0.3, 0.4) is 0 Å². The first-order valence-corrected chi connectivity index (χ1v) is 5.71. The molecule has 1 amide bonds. The Labute approximate surface area is 96.9 Å². The van der Waals surface area contributed by atoms with Crippen LogP contribution < -0.4 is 5.32 Å². The normalized spacial score (nSPS) is 10.7. The molecular formula is C11H12N2O2S. The third-order valence-electron chi connectivity index (χ3n) is 2.47. The van der Waals surface area contributed by atoms with Crippen molar-refractivity contribution in [2.75, 3.05) is 11.9 Å². The number of hydrogen-bond donors (Lipinski definition) is 2. The number of aliphatic hydroxyl groups excluding tert-OH is 1. The standard InChI is InChI=1S/C11H12N2O2S/c1-6-3-4-8-10(7(6)2)13-11(16-8)12-9(15)5-14/h3-4,14H,5H2,1-2H3,(H,12,13,15). The lowest BCUT2D eigenvalue weighted by Crippen LogP contribution is -2.15. The molecule has 1 aromatic heterocycles. The average molecular weight is 236 g/mol. The first-order valence-electron chi connectivity index (χ1n) is 4.89. The van der Waals surface area contributed by atoms with E-state index in [4.69, 9.17) is 5.11 Å². The second-order valence-corrected chi connectivity index (χ2v) is 4.61. The molecule has 0 fully saturated rings. The van der Waals surface area contributed by atoms with E-state index < -0.39 is 12.5 Å². The molecule has 4 nitrogen and oxygen atoms in total. The molecule has 2 aromatic rings. The van der Waals surface area contributed by atoms with E-state index in [0.717, 1.165) is 15.8 Å². The number of aromatic nitrogens is 1. The summed E-state index contributed by atoms with van der Waals surface area (Å²) in [5.74, 6) is -0.437. The molecule has 0 saturated carbocycles. The van der Waals surface area contributed by atoms with Crippen molar-refractivity contribution >= 4 is 32.6 Å². The predicted octanol–water partition coefficient (Wildman–Crippen LogP) is 1.84. The number of rotatable bonds is 2. The first-order chi connectivity index (χ1) is 7.61. The largest absolute Gasteiger partial charge is 0.387 e. The molecule has 0 aliphatic heterocycles. The van der Waals surface area contributed by atoms with Gasteiger partial charge in [0.1, 0.15) is 6.61 Å². The summed E-state index contributed by atoms with van der Waals surface area (Å²) in [6.45, 7) is 3.52. The van der Waals surface area contributed by atoms with Gasteiger partial charge in [-0.15, -0.1) is 0 Å². The highest BCUT2D eigenvalue weighted by atomic mass is 32.1. The van der Waals surface area contributed by atoms with Crippen LogP contribution >= 0.6 is 11.3 Å². The van der Waals surface area contributed by atoms with E-state index >= 15 is 0 Å². The summed E-state index contributed by atoms with van der Waals surface area (Å²) in [4.78, 5) is 15.4. The topological polar surface area (TPSA) is 62.2 Å². The van der Waals surface area contributed by atoms with Crippen LogP contribution in [-0.4, -0.2) is 22.6 Å². The van der Waals surface area contributed by atoms with Gasteiger partial charge in [0, 0.05) is 0 Å². The zero-order chi connectivity index (χ0) is 11.7. The number of aryl methyl sites for hydroxylation is 2. The third-order valence-corrected chi connectivity index (χ3v) is 3.41. The zero-order valence-electron chi connectivity index (χ0n) is 9.07. The number of nitrogens with one attached hydrogen (secondary N) is 1. The number of anilines is 1. The summed E-state index contributed by atoms with van der Waals surface area (Å²) in [5.41, 5.74) is 3.22. The SMILES string of the molecule is Cc1ccc2sc(NC(=O)CO)nc2c1C. The molecule has 0 radical (unpaired) electrons. The Morgan fingerprint density at radius 2 is 2.25 bits per heavy atom. The van der Waals surface area contributed by atoms with E-state index in [0.29, 0.717) is 5.13 Å². The Bertz CT molecular complexity index is 548.